The van der Waals surface area contributed by atoms with E-state index in [2.05, 4.69) is 20.5 Å². The van der Waals surface area contributed by atoms with E-state index in [1.165, 1.54) is 11.3 Å². The van der Waals surface area contributed by atoms with Gasteiger partial charge in [0.25, 0.3) is 5.22 Å². The molecular weight excluding hydrogens is 310 g/mol. The van der Waals surface area contributed by atoms with Crippen LogP contribution in [0.25, 0.3) is 10.2 Å². The lowest BCUT2D eigenvalue weighted by Crippen LogP contribution is -2.13. The van der Waals surface area contributed by atoms with E-state index in [0.29, 0.717) is 16.2 Å². The largest absolute Gasteiger partial charge is 0.415 e. The van der Waals surface area contributed by atoms with E-state index in [4.69, 9.17) is 10.2 Å². The number of thioether (sulfide) groups is 1. The maximum Gasteiger partial charge on any atom is 0.277 e. The van der Waals surface area contributed by atoms with Gasteiger partial charge in [0.05, 0.1) is 22.5 Å². The van der Waals surface area contributed by atoms with Gasteiger partial charge in [-0.25, -0.2) is 4.98 Å². The molecule has 108 valence electrons. The van der Waals surface area contributed by atoms with Crippen LogP contribution in [0.2, 0.25) is 0 Å². The highest BCUT2D eigenvalue weighted by atomic mass is 32.2. The molecule has 0 fully saturated rings. The van der Waals surface area contributed by atoms with Gasteiger partial charge in [-0.2, -0.15) is 0 Å². The highest BCUT2D eigenvalue weighted by molar-refractivity contribution is 7.99. The number of benzene rings is 1. The van der Waals surface area contributed by atoms with Crippen molar-refractivity contribution in [2.75, 3.05) is 11.1 Å². The van der Waals surface area contributed by atoms with Crippen LogP contribution in [0.4, 0.5) is 5.13 Å². The molecule has 0 bridgehead atoms. The lowest BCUT2D eigenvalue weighted by atomic mass is 10.3. The number of thiazole rings is 1. The molecular formula is C12H11N5O2S2. The number of rotatable bonds is 5. The fourth-order valence-electron chi connectivity index (χ4n) is 1.59. The minimum absolute atomic E-state index is 0.169. The lowest BCUT2D eigenvalue weighted by Gasteiger charge is -1.98. The Morgan fingerprint density at radius 3 is 3.00 bits per heavy atom. The molecule has 9 heteroatoms. The van der Waals surface area contributed by atoms with Crippen LogP contribution in [-0.4, -0.2) is 26.8 Å². The Bertz CT molecular complexity index is 737. The Kier molecular flexibility index (Phi) is 4.13. The highest BCUT2D eigenvalue weighted by Crippen LogP contribution is 2.25. The Hall–Kier alpha value is -1.97. The summed E-state index contributed by atoms with van der Waals surface area (Å²) in [5.41, 5.74) is 6.24. The number of hydrogen-bond acceptors (Lipinski definition) is 8. The van der Waals surface area contributed by atoms with Gasteiger partial charge < -0.3 is 15.5 Å². The third-order valence-electron chi connectivity index (χ3n) is 2.49. The third-order valence-corrected chi connectivity index (χ3v) is 4.26. The predicted molar refractivity (Wildman–Crippen MR) is 81.2 cm³/mol. The Balaban J connectivity index is 1.58. The van der Waals surface area contributed by atoms with E-state index in [1.807, 2.05) is 24.3 Å². The molecule has 0 radical (unpaired) electrons. The average molecular weight is 321 g/mol. The number of amides is 1. The van der Waals surface area contributed by atoms with Crippen LogP contribution in [0.15, 0.2) is 33.9 Å². The molecule has 7 nitrogen and oxygen atoms in total. The zero-order valence-corrected chi connectivity index (χ0v) is 12.4. The van der Waals surface area contributed by atoms with E-state index in [9.17, 15) is 4.79 Å². The van der Waals surface area contributed by atoms with Gasteiger partial charge in [0, 0.05) is 0 Å². The lowest BCUT2D eigenvalue weighted by molar-refractivity contribution is -0.113. The van der Waals surface area contributed by atoms with Crippen molar-refractivity contribution in [3.8, 4) is 0 Å². The molecule has 3 rings (SSSR count). The smallest absolute Gasteiger partial charge is 0.277 e. The van der Waals surface area contributed by atoms with Crippen LogP contribution in [-0.2, 0) is 11.3 Å². The molecule has 2 aromatic heterocycles. The van der Waals surface area contributed by atoms with Gasteiger partial charge in [-0.3, -0.25) is 4.79 Å². The zero-order chi connectivity index (χ0) is 14.7. The summed E-state index contributed by atoms with van der Waals surface area (Å²) in [7, 11) is 0. The van der Waals surface area contributed by atoms with Crippen molar-refractivity contribution in [2.24, 2.45) is 5.73 Å². The number of anilines is 1. The van der Waals surface area contributed by atoms with E-state index in [-0.39, 0.29) is 18.2 Å². The molecule has 0 saturated carbocycles. The second-order valence-corrected chi connectivity index (χ2v) is 5.95. The number of nitrogens with two attached hydrogens (primary N) is 1. The summed E-state index contributed by atoms with van der Waals surface area (Å²) in [4.78, 5) is 16.2. The van der Waals surface area contributed by atoms with Crippen LogP contribution in [0, 0.1) is 0 Å². The minimum atomic E-state index is -0.174. The average Bonchev–Trinajstić information content (AvgIpc) is 3.10. The monoisotopic (exact) mass is 321 g/mol. The Morgan fingerprint density at radius 2 is 2.24 bits per heavy atom. The summed E-state index contributed by atoms with van der Waals surface area (Å²) in [6.07, 6.45) is 0. The number of nitrogens with zero attached hydrogens (tertiary/aromatic N) is 3. The molecule has 2 heterocycles. The molecule has 3 aromatic rings. The molecule has 0 aliphatic rings. The van der Waals surface area contributed by atoms with Gasteiger partial charge in [-0.05, 0) is 12.1 Å². The van der Waals surface area contributed by atoms with Gasteiger partial charge in [0.15, 0.2) is 5.13 Å². The van der Waals surface area contributed by atoms with Crippen LogP contribution in [0.3, 0.4) is 0 Å². The van der Waals surface area contributed by atoms with Gasteiger partial charge >= 0.3 is 0 Å². The molecule has 0 spiro atoms. The van der Waals surface area contributed by atoms with E-state index < -0.39 is 0 Å². The van der Waals surface area contributed by atoms with Crippen LogP contribution < -0.4 is 11.1 Å². The van der Waals surface area contributed by atoms with Crippen LogP contribution in [0.1, 0.15) is 5.89 Å². The van der Waals surface area contributed by atoms with Crippen molar-refractivity contribution in [3.63, 3.8) is 0 Å². The number of carbonyl (C=O) groups is 1. The summed E-state index contributed by atoms with van der Waals surface area (Å²) >= 11 is 2.59. The predicted octanol–water partition coefficient (Wildman–Crippen LogP) is 1.87. The van der Waals surface area contributed by atoms with Crippen molar-refractivity contribution >= 4 is 44.4 Å². The number of aromatic nitrogens is 3. The maximum absolute atomic E-state index is 11.9. The van der Waals surface area contributed by atoms with Crippen LogP contribution in [0.5, 0.6) is 0 Å². The highest BCUT2D eigenvalue weighted by Gasteiger charge is 2.11. The van der Waals surface area contributed by atoms with Gasteiger partial charge in [-0.15, -0.1) is 10.2 Å². The Labute approximate surface area is 128 Å². The standard InChI is InChI=1S/C12H11N5O2S2/c13-5-10-16-17-12(19-10)20-6-9(18)15-11-14-7-3-1-2-4-8(7)21-11/h1-4H,5-6,13H2,(H,14,15,18). The summed E-state index contributed by atoms with van der Waals surface area (Å²) in [5, 5.41) is 11.2. The van der Waals surface area contributed by atoms with Gasteiger partial charge in [0.1, 0.15) is 0 Å². The molecule has 0 aliphatic carbocycles. The fourth-order valence-corrected chi connectivity index (χ4v) is 3.05. The maximum atomic E-state index is 11.9. The number of fused-ring (bicyclic) bond motifs is 1. The topological polar surface area (TPSA) is 107 Å². The second-order valence-electron chi connectivity index (χ2n) is 3.99. The minimum Gasteiger partial charge on any atom is -0.415 e. The molecule has 0 aliphatic heterocycles. The summed E-state index contributed by atoms with van der Waals surface area (Å²) in [6, 6.07) is 7.72. The van der Waals surface area contributed by atoms with E-state index in [1.54, 1.807) is 0 Å². The molecule has 21 heavy (non-hydrogen) atoms. The first-order chi connectivity index (χ1) is 10.2. The quantitative estimate of drug-likeness (QED) is 0.691. The third kappa shape index (κ3) is 3.38. The zero-order valence-electron chi connectivity index (χ0n) is 10.8. The number of hydrogen-bond donors (Lipinski definition) is 2. The molecule has 1 aromatic carbocycles. The number of carbonyl (C=O) groups excluding carboxylic acids is 1. The van der Waals surface area contributed by atoms with Crippen molar-refractivity contribution in [3.05, 3.63) is 30.2 Å². The summed E-state index contributed by atoms with van der Waals surface area (Å²) in [5.74, 6) is 0.345. The molecule has 1 amide bonds. The second kappa shape index (κ2) is 6.20. The van der Waals surface area contributed by atoms with Crippen molar-refractivity contribution in [1.29, 1.82) is 0 Å². The summed E-state index contributed by atoms with van der Waals surface area (Å²) < 4.78 is 6.24. The van der Waals surface area contributed by atoms with Gasteiger partial charge in [-0.1, -0.05) is 35.2 Å². The SMILES string of the molecule is NCc1nnc(SCC(=O)Nc2nc3ccccc3s2)o1. The van der Waals surface area contributed by atoms with Crippen molar-refractivity contribution < 1.29 is 9.21 Å². The van der Waals surface area contributed by atoms with Crippen molar-refractivity contribution in [1.82, 2.24) is 15.2 Å². The van der Waals surface area contributed by atoms with Gasteiger partial charge in [0.2, 0.25) is 11.8 Å². The summed E-state index contributed by atoms with van der Waals surface area (Å²) in [6.45, 7) is 0.186. The molecule has 3 N–H and O–H groups in total. The van der Waals surface area contributed by atoms with Crippen LogP contribution >= 0.6 is 23.1 Å². The Morgan fingerprint density at radius 1 is 1.38 bits per heavy atom. The van der Waals surface area contributed by atoms with E-state index in [0.717, 1.165) is 22.0 Å². The normalized spacial score (nSPS) is 10.9. The first-order valence-electron chi connectivity index (χ1n) is 6.05. The first kappa shape index (κ1) is 14.0. The van der Waals surface area contributed by atoms with Crippen molar-refractivity contribution in [2.45, 2.75) is 11.8 Å². The first-order valence-corrected chi connectivity index (χ1v) is 7.85. The molecule has 0 unspecified atom stereocenters. The number of nitrogens with one attached hydrogen (secondary N) is 1. The number of para-hydroxylation sites is 1. The molecule has 0 atom stereocenters. The fraction of sp³-hybridized carbons (Fsp3) is 0.167. The molecule has 0 saturated heterocycles. The van der Waals surface area contributed by atoms with E-state index >= 15 is 0 Å².